The van der Waals surface area contributed by atoms with Crippen LogP contribution in [0.15, 0.2) is 0 Å². The standard InChI is InChI=1S/C25H46O4/c1-5-7-8-15-21(13-6-2)19-29-25(27)23-17-10-9-16-22(23)24(26)28-18-12-11-14-20(3)4/h20-23H,5-19H2,1-4H3. The van der Waals surface area contributed by atoms with Crippen molar-refractivity contribution in [3.8, 4) is 0 Å². The van der Waals surface area contributed by atoms with Crippen molar-refractivity contribution in [1.82, 2.24) is 0 Å². The molecule has 1 fully saturated rings. The Morgan fingerprint density at radius 2 is 1.41 bits per heavy atom. The minimum atomic E-state index is -0.315. The van der Waals surface area contributed by atoms with E-state index in [0.29, 0.717) is 25.0 Å². The first-order valence-corrected chi connectivity index (χ1v) is 12.3. The second-order valence-electron chi connectivity index (χ2n) is 9.34. The maximum Gasteiger partial charge on any atom is 0.309 e. The van der Waals surface area contributed by atoms with Gasteiger partial charge in [-0.15, -0.1) is 0 Å². The van der Waals surface area contributed by atoms with Crippen LogP contribution in [0.3, 0.4) is 0 Å². The van der Waals surface area contributed by atoms with Crippen LogP contribution in [0.1, 0.15) is 111 Å². The van der Waals surface area contributed by atoms with Crippen molar-refractivity contribution < 1.29 is 19.1 Å². The first-order chi connectivity index (χ1) is 14.0. The molecule has 1 aliphatic rings. The summed E-state index contributed by atoms with van der Waals surface area (Å²) in [5, 5.41) is 0. The quantitative estimate of drug-likeness (QED) is 0.222. The van der Waals surface area contributed by atoms with Gasteiger partial charge in [-0.05, 0) is 50.4 Å². The van der Waals surface area contributed by atoms with E-state index >= 15 is 0 Å². The zero-order valence-electron chi connectivity index (χ0n) is 19.5. The first-order valence-electron chi connectivity index (χ1n) is 12.3. The number of esters is 2. The lowest BCUT2D eigenvalue weighted by atomic mass is 9.79. The van der Waals surface area contributed by atoms with Crippen molar-refractivity contribution in [2.24, 2.45) is 23.7 Å². The lowest BCUT2D eigenvalue weighted by Gasteiger charge is -2.29. The minimum Gasteiger partial charge on any atom is -0.465 e. The van der Waals surface area contributed by atoms with Gasteiger partial charge < -0.3 is 9.47 Å². The molecule has 0 aliphatic heterocycles. The fourth-order valence-corrected chi connectivity index (χ4v) is 4.34. The lowest BCUT2D eigenvalue weighted by molar-refractivity contribution is -0.163. The van der Waals surface area contributed by atoms with Crippen LogP contribution in [-0.4, -0.2) is 25.2 Å². The molecule has 1 rings (SSSR count). The van der Waals surface area contributed by atoms with E-state index in [1.807, 2.05) is 0 Å². The molecular formula is C25H46O4. The van der Waals surface area contributed by atoms with Crippen LogP contribution in [0.25, 0.3) is 0 Å². The fraction of sp³-hybridized carbons (Fsp3) is 0.920. The van der Waals surface area contributed by atoms with Gasteiger partial charge >= 0.3 is 11.9 Å². The molecule has 4 nitrogen and oxygen atoms in total. The summed E-state index contributed by atoms with van der Waals surface area (Å²) in [5.41, 5.74) is 0. The smallest absolute Gasteiger partial charge is 0.309 e. The predicted molar refractivity (Wildman–Crippen MR) is 119 cm³/mol. The largest absolute Gasteiger partial charge is 0.465 e. The van der Waals surface area contributed by atoms with Crippen molar-refractivity contribution in [2.75, 3.05) is 13.2 Å². The van der Waals surface area contributed by atoms with E-state index in [1.165, 1.54) is 19.3 Å². The Morgan fingerprint density at radius 3 is 2.00 bits per heavy atom. The predicted octanol–water partition coefficient (Wildman–Crippen LogP) is 6.70. The van der Waals surface area contributed by atoms with Gasteiger partial charge in [-0.1, -0.05) is 72.6 Å². The molecule has 1 aliphatic carbocycles. The van der Waals surface area contributed by atoms with Gasteiger partial charge in [0.05, 0.1) is 25.0 Å². The summed E-state index contributed by atoms with van der Waals surface area (Å²) in [7, 11) is 0. The van der Waals surface area contributed by atoms with Crippen molar-refractivity contribution in [2.45, 2.75) is 111 Å². The van der Waals surface area contributed by atoms with Crippen LogP contribution < -0.4 is 0 Å². The number of rotatable bonds is 15. The highest BCUT2D eigenvalue weighted by molar-refractivity contribution is 5.82. The maximum atomic E-state index is 12.8. The van der Waals surface area contributed by atoms with Crippen LogP contribution in [0.5, 0.6) is 0 Å². The fourth-order valence-electron chi connectivity index (χ4n) is 4.34. The van der Waals surface area contributed by atoms with Gasteiger partial charge in [0.15, 0.2) is 0 Å². The highest BCUT2D eigenvalue weighted by Crippen LogP contribution is 2.32. The van der Waals surface area contributed by atoms with E-state index in [1.54, 1.807) is 0 Å². The molecule has 29 heavy (non-hydrogen) atoms. The van der Waals surface area contributed by atoms with Crippen molar-refractivity contribution in [3.63, 3.8) is 0 Å². The molecule has 0 aromatic rings. The van der Waals surface area contributed by atoms with Crippen LogP contribution >= 0.6 is 0 Å². The molecule has 0 aromatic carbocycles. The van der Waals surface area contributed by atoms with Gasteiger partial charge in [-0.25, -0.2) is 0 Å². The van der Waals surface area contributed by atoms with E-state index in [2.05, 4.69) is 27.7 Å². The number of hydrogen-bond donors (Lipinski definition) is 0. The second kappa shape index (κ2) is 15.7. The van der Waals surface area contributed by atoms with Crippen LogP contribution in [0, 0.1) is 23.7 Å². The number of ether oxygens (including phenoxy) is 2. The molecule has 0 amide bonds. The van der Waals surface area contributed by atoms with Gasteiger partial charge in [-0.3, -0.25) is 9.59 Å². The number of carbonyl (C=O) groups excluding carboxylic acids is 2. The van der Waals surface area contributed by atoms with E-state index in [4.69, 9.17) is 9.47 Å². The highest BCUT2D eigenvalue weighted by atomic mass is 16.5. The van der Waals surface area contributed by atoms with Crippen LogP contribution in [0.4, 0.5) is 0 Å². The molecule has 4 heteroatoms. The van der Waals surface area contributed by atoms with E-state index in [9.17, 15) is 9.59 Å². The SMILES string of the molecule is CCCCCC(CCC)COC(=O)C1CCCCC1C(=O)OCCCCC(C)C. The lowest BCUT2D eigenvalue weighted by Crippen LogP contribution is -2.35. The molecule has 1 saturated carbocycles. The van der Waals surface area contributed by atoms with E-state index in [-0.39, 0.29) is 23.8 Å². The Balaban J connectivity index is 2.46. The number of hydrogen-bond acceptors (Lipinski definition) is 4. The topological polar surface area (TPSA) is 52.6 Å². The molecule has 3 unspecified atom stereocenters. The Labute approximate surface area is 179 Å². The third kappa shape index (κ3) is 11.1. The molecule has 3 atom stereocenters. The second-order valence-corrected chi connectivity index (χ2v) is 9.34. The minimum absolute atomic E-state index is 0.178. The van der Waals surface area contributed by atoms with Crippen molar-refractivity contribution in [1.29, 1.82) is 0 Å². The summed E-state index contributed by atoms with van der Waals surface area (Å²) in [6.07, 6.45) is 13.6. The Kier molecular flexibility index (Phi) is 14.1. The Bertz CT molecular complexity index is 446. The summed E-state index contributed by atoms with van der Waals surface area (Å²) in [4.78, 5) is 25.4. The Hall–Kier alpha value is -1.06. The molecule has 0 spiro atoms. The number of unbranched alkanes of at least 4 members (excludes halogenated alkanes) is 3. The molecule has 0 heterocycles. The van der Waals surface area contributed by atoms with E-state index in [0.717, 1.165) is 64.2 Å². The monoisotopic (exact) mass is 410 g/mol. The molecule has 0 radical (unpaired) electrons. The average Bonchev–Trinajstić information content (AvgIpc) is 2.71. The average molecular weight is 411 g/mol. The molecule has 0 bridgehead atoms. The van der Waals surface area contributed by atoms with Gasteiger partial charge in [0.25, 0.3) is 0 Å². The Morgan fingerprint density at radius 1 is 0.793 bits per heavy atom. The molecule has 0 N–H and O–H groups in total. The van der Waals surface area contributed by atoms with Crippen molar-refractivity contribution >= 4 is 11.9 Å². The molecule has 170 valence electrons. The van der Waals surface area contributed by atoms with Crippen LogP contribution in [-0.2, 0) is 19.1 Å². The summed E-state index contributed by atoms with van der Waals surface area (Å²) in [6.45, 7) is 9.78. The van der Waals surface area contributed by atoms with Crippen LogP contribution in [0.2, 0.25) is 0 Å². The normalized spacial score (nSPS) is 20.4. The highest BCUT2D eigenvalue weighted by Gasteiger charge is 2.38. The summed E-state index contributed by atoms with van der Waals surface area (Å²) in [5.74, 6) is 0.135. The number of carbonyl (C=O) groups is 2. The third-order valence-electron chi connectivity index (χ3n) is 6.17. The van der Waals surface area contributed by atoms with Gasteiger partial charge in [0, 0.05) is 0 Å². The van der Waals surface area contributed by atoms with Gasteiger partial charge in [-0.2, -0.15) is 0 Å². The molecule has 0 aromatic heterocycles. The first kappa shape index (κ1) is 26.0. The van der Waals surface area contributed by atoms with Gasteiger partial charge in [0.1, 0.15) is 0 Å². The summed E-state index contributed by atoms with van der Waals surface area (Å²) >= 11 is 0. The molecular weight excluding hydrogens is 364 g/mol. The molecule has 0 saturated heterocycles. The third-order valence-corrected chi connectivity index (χ3v) is 6.17. The zero-order valence-corrected chi connectivity index (χ0v) is 19.5. The van der Waals surface area contributed by atoms with Gasteiger partial charge in [0.2, 0.25) is 0 Å². The zero-order chi connectivity index (χ0) is 21.5. The van der Waals surface area contributed by atoms with Crippen molar-refractivity contribution in [3.05, 3.63) is 0 Å². The van der Waals surface area contributed by atoms with E-state index < -0.39 is 0 Å². The maximum absolute atomic E-state index is 12.8. The summed E-state index contributed by atoms with van der Waals surface area (Å²) < 4.78 is 11.3. The summed E-state index contributed by atoms with van der Waals surface area (Å²) in [6, 6.07) is 0.